The van der Waals surface area contributed by atoms with E-state index in [9.17, 15) is 0 Å². The Kier molecular flexibility index (Phi) is 5.11. The Labute approximate surface area is 130 Å². The van der Waals surface area contributed by atoms with Crippen LogP contribution in [0, 0.1) is 0 Å². The van der Waals surface area contributed by atoms with Crippen molar-refractivity contribution in [3.05, 3.63) is 56.5 Å². The van der Waals surface area contributed by atoms with Crippen LogP contribution in [-0.4, -0.2) is 7.05 Å². The topological polar surface area (TPSA) is 21.3 Å². The van der Waals surface area contributed by atoms with Gasteiger partial charge in [-0.1, -0.05) is 29.3 Å². The molecule has 2 rings (SSSR count). The predicted molar refractivity (Wildman–Crippen MR) is 83.4 cm³/mol. The van der Waals surface area contributed by atoms with E-state index in [0.29, 0.717) is 21.5 Å². The van der Waals surface area contributed by atoms with Gasteiger partial charge in [0.05, 0.1) is 9.50 Å². The lowest BCUT2D eigenvalue weighted by Gasteiger charge is -2.10. The summed E-state index contributed by atoms with van der Waals surface area (Å²) in [5.41, 5.74) is 1.11. The Morgan fingerprint density at radius 1 is 1.11 bits per heavy atom. The maximum Gasteiger partial charge on any atom is 0.146 e. The zero-order chi connectivity index (χ0) is 13.8. The molecule has 0 amide bonds. The minimum atomic E-state index is 0.578. The molecule has 2 aromatic rings. The number of hydrogen-bond donors (Lipinski definition) is 1. The molecule has 0 atom stereocenters. The van der Waals surface area contributed by atoms with Gasteiger partial charge >= 0.3 is 0 Å². The molecule has 1 N–H and O–H groups in total. The van der Waals surface area contributed by atoms with E-state index in [1.807, 2.05) is 25.2 Å². The maximum absolute atomic E-state index is 6.20. The normalized spacial score (nSPS) is 10.5. The van der Waals surface area contributed by atoms with Gasteiger partial charge in [0, 0.05) is 11.6 Å². The lowest BCUT2D eigenvalue weighted by molar-refractivity contribution is 0.479. The molecule has 0 bridgehead atoms. The van der Waals surface area contributed by atoms with E-state index < -0.39 is 0 Å². The van der Waals surface area contributed by atoms with Gasteiger partial charge in [0.15, 0.2) is 0 Å². The molecule has 0 saturated carbocycles. The molecule has 0 radical (unpaired) electrons. The molecule has 0 aliphatic heterocycles. The molecule has 100 valence electrons. The van der Waals surface area contributed by atoms with Gasteiger partial charge in [-0.2, -0.15) is 0 Å². The van der Waals surface area contributed by atoms with Crippen LogP contribution in [-0.2, 0) is 6.54 Å². The fourth-order valence-electron chi connectivity index (χ4n) is 1.62. The lowest BCUT2D eigenvalue weighted by atomic mass is 10.2. The average Bonchev–Trinajstić information content (AvgIpc) is 2.36. The van der Waals surface area contributed by atoms with Gasteiger partial charge in [-0.25, -0.2) is 0 Å². The van der Waals surface area contributed by atoms with Crippen LogP contribution in [0.3, 0.4) is 0 Å². The van der Waals surface area contributed by atoms with Crippen LogP contribution in [0.5, 0.6) is 11.5 Å². The lowest BCUT2D eigenvalue weighted by Crippen LogP contribution is -2.04. The van der Waals surface area contributed by atoms with Crippen LogP contribution in [0.15, 0.2) is 40.9 Å². The highest BCUT2D eigenvalue weighted by molar-refractivity contribution is 9.10. The Balaban J connectivity index is 2.23. The molecule has 19 heavy (non-hydrogen) atoms. The van der Waals surface area contributed by atoms with Crippen LogP contribution in [0.2, 0.25) is 10.0 Å². The van der Waals surface area contributed by atoms with Crippen molar-refractivity contribution >= 4 is 39.1 Å². The summed E-state index contributed by atoms with van der Waals surface area (Å²) in [7, 11) is 1.89. The van der Waals surface area contributed by atoms with Gasteiger partial charge in [-0.3, -0.25) is 0 Å². The highest BCUT2D eigenvalue weighted by Crippen LogP contribution is 2.35. The van der Waals surface area contributed by atoms with Crippen molar-refractivity contribution < 1.29 is 4.74 Å². The predicted octanol–water partition coefficient (Wildman–Crippen LogP) is 5.27. The smallest absolute Gasteiger partial charge is 0.146 e. The zero-order valence-corrected chi connectivity index (χ0v) is 13.3. The molecule has 5 heteroatoms. The van der Waals surface area contributed by atoms with Crippen molar-refractivity contribution in [2.75, 3.05) is 7.05 Å². The summed E-state index contributed by atoms with van der Waals surface area (Å²) in [6, 6.07) is 11.1. The Morgan fingerprint density at radius 2 is 1.84 bits per heavy atom. The fourth-order valence-corrected chi connectivity index (χ4v) is 2.62. The molecule has 2 nitrogen and oxygen atoms in total. The van der Waals surface area contributed by atoms with Crippen LogP contribution in [0.25, 0.3) is 0 Å². The largest absolute Gasteiger partial charge is 0.455 e. The second-order valence-electron chi connectivity index (χ2n) is 3.97. The number of nitrogens with one attached hydrogen (secondary N) is 1. The molecule has 0 spiro atoms. The number of benzene rings is 2. The van der Waals surface area contributed by atoms with E-state index >= 15 is 0 Å². The van der Waals surface area contributed by atoms with Crippen LogP contribution in [0.1, 0.15) is 5.56 Å². The van der Waals surface area contributed by atoms with Gasteiger partial charge in [0.2, 0.25) is 0 Å². The summed E-state index contributed by atoms with van der Waals surface area (Å²) in [6.45, 7) is 0.768. The number of ether oxygens (including phenoxy) is 1. The van der Waals surface area contributed by atoms with E-state index in [-0.39, 0.29) is 0 Å². The van der Waals surface area contributed by atoms with Crippen LogP contribution in [0.4, 0.5) is 0 Å². The van der Waals surface area contributed by atoms with Crippen molar-refractivity contribution in [1.82, 2.24) is 5.32 Å². The zero-order valence-electron chi connectivity index (χ0n) is 10.2. The first-order chi connectivity index (χ1) is 9.10. The summed E-state index contributed by atoms with van der Waals surface area (Å²) >= 11 is 15.5. The highest BCUT2D eigenvalue weighted by atomic mass is 79.9. The van der Waals surface area contributed by atoms with Gasteiger partial charge < -0.3 is 10.1 Å². The van der Waals surface area contributed by atoms with E-state index in [2.05, 4.69) is 21.2 Å². The first kappa shape index (κ1) is 14.7. The second-order valence-corrected chi connectivity index (χ2v) is 5.67. The number of halogens is 3. The SMILES string of the molecule is CNCc1ccc(Oc2ccc(Cl)cc2Br)c(Cl)c1. The van der Waals surface area contributed by atoms with Crippen LogP contribution >= 0.6 is 39.1 Å². The third kappa shape index (κ3) is 3.86. The number of rotatable bonds is 4. The first-order valence-corrected chi connectivity index (χ1v) is 7.21. The third-order valence-electron chi connectivity index (χ3n) is 2.49. The molecule has 0 unspecified atom stereocenters. The Bertz CT molecular complexity index is 590. The molecular formula is C14H12BrCl2NO. The quantitative estimate of drug-likeness (QED) is 0.802. The van der Waals surface area contributed by atoms with Gasteiger partial charge in [-0.05, 0) is 58.9 Å². The first-order valence-electron chi connectivity index (χ1n) is 5.66. The molecule has 0 aliphatic carbocycles. The molecule has 0 aliphatic rings. The van der Waals surface area contributed by atoms with E-state index in [1.165, 1.54) is 0 Å². The Hall–Kier alpha value is -0.740. The third-order valence-corrected chi connectivity index (χ3v) is 3.64. The molecule has 0 fully saturated rings. The van der Waals surface area contributed by atoms with Gasteiger partial charge in [0.1, 0.15) is 11.5 Å². The van der Waals surface area contributed by atoms with E-state index in [1.54, 1.807) is 18.2 Å². The van der Waals surface area contributed by atoms with Crippen LogP contribution < -0.4 is 10.1 Å². The Morgan fingerprint density at radius 3 is 2.47 bits per heavy atom. The summed E-state index contributed by atoms with van der Waals surface area (Å²) in [5, 5.41) is 4.30. The summed E-state index contributed by atoms with van der Waals surface area (Å²) in [6.07, 6.45) is 0. The van der Waals surface area contributed by atoms with Gasteiger partial charge in [-0.15, -0.1) is 0 Å². The summed E-state index contributed by atoms with van der Waals surface area (Å²) in [5.74, 6) is 1.29. The van der Waals surface area contributed by atoms with Crippen molar-refractivity contribution in [3.8, 4) is 11.5 Å². The van der Waals surface area contributed by atoms with Gasteiger partial charge in [0.25, 0.3) is 0 Å². The average molecular weight is 361 g/mol. The van der Waals surface area contributed by atoms with Crippen molar-refractivity contribution in [2.24, 2.45) is 0 Å². The molecule has 0 heterocycles. The standard InChI is InChI=1S/C14H12BrCl2NO/c1-18-8-9-2-4-14(12(17)6-9)19-13-5-3-10(16)7-11(13)15/h2-7,18H,8H2,1H3. The molecule has 0 aromatic heterocycles. The minimum absolute atomic E-state index is 0.578. The van der Waals surface area contributed by atoms with Crippen molar-refractivity contribution in [3.63, 3.8) is 0 Å². The minimum Gasteiger partial charge on any atom is -0.455 e. The van der Waals surface area contributed by atoms with Crippen molar-refractivity contribution in [1.29, 1.82) is 0 Å². The monoisotopic (exact) mass is 359 g/mol. The maximum atomic E-state index is 6.20. The summed E-state index contributed by atoms with van der Waals surface area (Å²) in [4.78, 5) is 0. The molecule has 2 aromatic carbocycles. The van der Waals surface area contributed by atoms with Crippen molar-refractivity contribution in [2.45, 2.75) is 6.54 Å². The second kappa shape index (κ2) is 6.62. The number of hydrogen-bond acceptors (Lipinski definition) is 2. The van der Waals surface area contributed by atoms with E-state index in [4.69, 9.17) is 27.9 Å². The molecular weight excluding hydrogens is 349 g/mol. The molecule has 0 saturated heterocycles. The highest BCUT2D eigenvalue weighted by Gasteiger charge is 2.07. The fraction of sp³-hybridized carbons (Fsp3) is 0.143. The summed E-state index contributed by atoms with van der Waals surface area (Å²) < 4.78 is 6.56. The van der Waals surface area contributed by atoms with E-state index in [0.717, 1.165) is 16.6 Å².